The van der Waals surface area contributed by atoms with Crippen LogP contribution in [0.5, 0.6) is 0 Å². The molecule has 2 atom stereocenters. The Hall–Kier alpha value is -4.80. The quantitative estimate of drug-likeness (QED) is 0.365. The van der Waals surface area contributed by atoms with Gasteiger partial charge in [0.25, 0.3) is 5.91 Å². The van der Waals surface area contributed by atoms with Gasteiger partial charge in [0, 0.05) is 30.1 Å². The van der Waals surface area contributed by atoms with E-state index in [4.69, 9.17) is 14.5 Å². The minimum atomic E-state index is -1.13. The summed E-state index contributed by atoms with van der Waals surface area (Å²) in [4.78, 5) is 55.1. The van der Waals surface area contributed by atoms with Crippen molar-refractivity contribution in [2.45, 2.75) is 64.3 Å². The first-order chi connectivity index (χ1) is 20.6. The highest BCUT2D eigenvalue weighted by Crippen LogP contribution is 2.40. The summed E-state index contributed by atoms with van der Waals surface area (Å²) in [5.74, 6) is -0.440. The number of pyridine rings is 1. The van der Waals surface area contributed by atoms with Gasteiger partial charge in [-0.2, -0.15) is 0 Å². The summed E-state index contributed by atoms with van der Waals surface area (Å²) in [5, 5.41) is 2.76. The molecular weight excluding hydrogens is 548 g/mol. The van der Waals surface area contributed by atoms with Gasteiger partial charge in [-0.25, -0.2) is 19.6 Å². The largest absolute Gasteiger partial charge is 0.461 e. The Morgan fingerprint density at radius 3 is 2.51 bits per heavy atom. The highest BCUT2D eigenvalue weighted by molar-refractivity contribution is 6.04. The second-order valence-corrected chi connectivity index (χ2v) is 11.4. The molecule has 0 aliphatic carbocycles. The maximum Gasteiger partial charge on any atom is 0.410 e. The van der Waals surface area contributed by atoms with Gasteiger partial charge in [-0.05, 0) is 83.4 Å². The van der Waals surface area contributed by atoms with E-state index in [1.165, 1.54) is 0 Å². The number of imidazole rings is 1. The molecular formula is C32H36N6O5. The second kappa shape index (κ2) is 12.2. The summed E-state index contributed by atoms with van der Waals surface area (Å²) in [5.41, 5.74) is -0.185. The molecule has 2 aliphatic heterocycles. The van der Waals surface area contributed by atoms with Gasteiger partial charge >= 0.3 is 12.1 Å². The summed E-state index contributed by atoms with van der Waals surface area (Å²) >= 11 is 0. The van der Waals surface area contributed by atoms with E-state index in [-0.39, 0.29) is 18.2 Å². The molecule has 43 heavy (non-hydrogen) atoms. The number of ether oxygens (including phenoxy) is 2. The van der Waals surface area contributed by atoms with Gasteiger partial charge in [-0.1, -0.05) is 18.2 Å². The van der Waals surface area contributed by atoms with Gasteiger partial charge in [0.15, 0.2) is 11.4 Å². The Morgan fingerprint density at radius 2 is 1.86 bits per heavy atom. The van der Waals surface area contributed by atoms with Crippen molar-refractivity contribution < 1.29 is 23.9 Å². The fourth-order valence-corrected chi connectivity index (χ4v) is 5.43. The third-order valence-electron chi connectivity index (χ3n) is 7.28. The van der Waals surface area contributed by atoms with E-state index in [9.17, 15) is 14.4 Å². The molecule has 11 heteroatoms. The summed E-state index contributed by atoms with van der Waals surface area (Å²) in [6.45, 7) is 7.91. The van der Waals surface area contributed by atoms with Crippen molar-refractivity contribution in [3.8, 4) is 11.3 Å². The molecule has 0 bridgehead atoms. The first-order valence-corrected chi connectivity index (χ1v) is 14.4. The van der Waals surface area contributed by atoms with E-state index >= 15 is 0 Å². The molecule has 4 heterocycles. The number of esters is 1. The molecule has 1 unspecified atom stereocenters. The smallest absolute Gasteiger partial charge is 0.410 e. The van der Waals surface area contributed by atoms with E-state index in [0.29, 0.717) is 35.6 Å². The van der Waals surface area contributed by atoms with Crippen LogP contribution in [0.1, 0.15) is 67.8 Å². The molecule has 2 aromatic heterocycles. The van der Waals surface area contributed by atoms with Crippen molar-refractivity contribution >= 4 is 30.0 Å². The van der Waals surface area contributed by atoms with Crippen molar-refractivity contribution in [2.24, 2.45) is 4.99 Å². The van der Waals surface area contributed by atoms with Gasteiger partial charge in [0.05, 0.1) is 19.0 Å². The molecule has 11 nitrogen and oxygen atoms in total. The van der Waals surface area contributed by atoms with Crippen molar-refractivity contribution in [2.75, 3.05) is 18.5 Å². The zero-order valence-electron chi connectivity index (χ0n) is 24.8. The number of piperidine rings is 1. The van der Waals surface area contributed by atoms with Crippen LogP contribution >= 0.6 is 0 Å². The number of carbonyl (C=O) groups excluding carboxylic acids is 3. The number of carbonyl (C=O) groups is 3. The summed E-state index contributed by atoms with van der Waals surface area (Å²) in [7, 11) is 0. The number of hydrogen-bond acceptors (Lipinski definition) is 8. The van der Waals surface area contributed by atoms with Crippen LogP contribution < -0.4 is 5.32 Å². The highest BCUT2D eigenvalue weighted by Gasteiger charge is 2.48. The Kier molecular flexibility index (Phi) is 8.43. The van der Waals surface area contributed by atoms with E-state index in [2.05, 4.69) is 15.3 Å². The lowest BCUT2D eigenvalue weighted by molar-refractivity contribution is -0.00523. The number of aromatic nitrogens is 3. The fourth-order valence-electron chi connectivity index (χ4n) is 5.43. The van der Waals surface area contributed by atoms with Crippen molar-refractivity contribution in [1.82, 2.24) is 19.4 Å². The van der Waals surface area contributed by atoms with Crippen molar-refractivity contribution in [3.05, 3.63) is 78.4 Å². The fraction of sp³-hybridized carbons (Fsp3) is 0.375. The Morgan fingerprint density at radius 1 is 1.07 bits per heavy atom. The van der Waals surface area contributed by atoms with E-state index in [1.807, 2.05) is 32.9 Å². The van der Waals surface area contributed by atoms with Crippen LogP contribution in [0.15, 0.2) is 72.1 Å². The van der Waals surface area contributed by atoms with Gasteiger partial charge in [0.2, 0.25) is 0 Å². The maximum absolute atomic E-state index is 13.5. The summed E-state index contributed by atoms with van der Waals surface area (Å²) in [6.07, 6.45) is 10.5. The van der Waals surface area contributed by atoms with Crippen LogP contribution in [0.25, 0.3) is 11.3 Å². The lowest BCUT2D eigenvalue weighted by Gasteiger charge is -2.45. The van der Waals surface area contributed by atoms with Gasteiger partial charge in [-0.15, -0.1) is 0 Å². The molecule has 1 aromatic carbocycles. The van der Waals surface area contributed by atoms with Crippen molar-refractivity contribution in [1.29, 1.82) is 0 Å². The zero-order valence-corrected chi connectivity index (χ0v) is 24.8. The minimum Gasteiger partial charge on any atom is -0.461 e. The molecule has 3 aromatic rings. The third-order valence-corrected chi connectivity index (χ3v) is 7.28. The highest BCUT2D eigenvalue weighted by atomic mass is 16.6. The maximum atomic E-state index is 13.5. The van der Waals surface area contributed by atoms with E-state index in [1.54, 1.807) is 77.6 Å². The monoisotopic (exact) mass is 584 g/mol. The van der Waals surface area contributed by atoms with E-state index < -0.39 is 29.4 Å². The summed E-state index contributed by atoms with van der Waals surface area (Å²) < 4.78 is 13.0. The van der Waals surface area contributed by atoms with Gasteiger partial charge in [-0.3, -0.25) is 14.4 Å². The minimum absolute atomic E-state index is 0.162. The van der Waals surface area contributed by atoms with Crippen LogP contribution in [0.4, 0.5) is 10.6 Å². The average Bonchev–Trinajstić information content (AvgIpc) is 3.66. The predicted octanol–water partition coefficient (Wildman–Crippen LogP) is 5.46. The number of aliphatic imine (C=N–C) groups is 1. The first-order valence-electron chi connectivity index (χ1n) is 14.4. The van der Waals surface area contributed by atoms with Crippen LogP contribution in [-0.2, 0) is 15.1 Å². The van der Waals surface area contributed by atoms with E-state index in [0.717, 1.165) is 12.8 Å². The van der Waals surface area contributed by atoms with Crippen LogP contribution in [0.2, 0.25) is 0 Å². The second-order valence-electron chi connectivity index (χ2n) is 11.4. The number of benzene rings is 1. The molecule has 0 spiro atoms. The Balaban J connectivity index is 1.53. The lowest BCUT2D eigenvalue weighted by atomic mass is 9.90. The standard InChI is InChI=1S/C32H36N6O5/c1-5-42-29(40)27-26(22-13-15-23(16-14-22)28(39)36-25-12-6-8-18-33-25)34-21-38(27)32(17-10-19-35-32)24-11-7-9-20-37(24)30(41)43-31(2,3)4/h6,8,10,12-19,21,24H,5,7,9,11,20H2,1-4H3,(H,33,36,39)/t24-,32?/m0/s1. The lowest BCUT2D eigenvalue weighted by Crippen LogP contribution is -2.57. The molecule has 1 fully saturated rings. The summed E-state index contributed by atoms with van der Waals surface area (Å²) in [6, 6.07) is 11.6. The number of hydrogen-bond donors (Lipinski definition) is 1. The number of nitrogens with zero attached hydrogens (tertiary/aromatic N) is 5. The molecule has 5 rings (SSSR count). The molecule has 0 radical (unpaired) electrons. The topological polar surface area (TPSA) is 128 Å². The molecule has 2 amide bonds. The zero-order chi connectivity index (χ0) is 30.6. The van der Waals surface area contributed by atoms with Crippen LogP contribution in [0.3, 0.4) is 0 Å². The Bertz CT molecular complexity index is 1530. The predicted molar refractivity (Wildman–Crippen MR) is 162 cm³/mol. The third kappa shape index (κ3) is 6.20. The Labute approximate surface area is 250 Å². The first kappa shape index (κ1) is 29.7. The number of likely N-dealkylation sites (tertiary alicyclic amines) is 1. The SMILES string of the molecule is CCOC(=O)c1c(-c2ccc(C(=O)Nc3ccccn3)cc2)ncn1C1([C@@H]2CCCCN2C(=O)OC(C)(C)C)C=CC=N1. The van der Waals surface area contributed by atoms with Crippen LogP contribution in [-0.4, -0.2) is 68.4 Å². The number of anilines is 1. The molecule has 1 N–H and O–H groups in total. The number of nitrogens with one attached hydrogen (secondary N) is 1. The number of allylic oxidation sites excluding steroid dienone is 1. The van der Waals surface area contributed by atoms with Crippen LogP contribution in [0, 0.1) is 0 Å². The molecule has 0 saturated carbocycles. The number of amides is 2. The molecule has 2 aliphatic rings. The number of rotatable bonds is 7. The van der Waals surface area contributed by atoms with Crippen molar-refractivity contribution in [3.63, 3.8) is 0 Å². The molecule has 224 valence electrons. The van der Waals surface area contributed by atoms with Gasteiger partial charge in [0.1, 0.15) is 17.1 Å². The normalized spacial score (nSPS) is 19.7. The average molecular weight is 585 g/mol. The molecule has 1 saturated heterocycles. The van der Waals surface area contributed by atoms with Gasteiger partial charge < -0.3 is 19.7 Å².